The van der Waals surface area contributed by atoms with Gasteiger partial charge in [-0.2, -0.15) is 4.57 Å². The van der Waals surface area contributed by atoms with Crippen molar-refractivity contribution >= 4 is 16.7 Å². The third-order valence-electron chi connectivity index (χ3n) is 3.59. The minimum atomic E-state index is 0.571. The lowest BCUT2D eigenvalue weighted by Crippen LogP contribution is -2.34. The second kappa shape index (κ2) is 7.69. The van der Waals surface area contributed by atoms with Gasteiger partial charge in [-0.05, 0) is 24.6 Å². The maximum absolute atomic E-state index is 5.63. The third-order valence-corrected chi connectivity index (χ3v) is 3.59. The summed E-state index contributed by atoms with van der Waals surface area (Å²) >= 11 is 0. The summed E-state index contributed by atoms with van der Waals surface area (Å²) in [6.45, 7) is 4.10. The molecule has 0 spiro atoms. The van der Waals surface area contributed by atoms with Crippen LogP contribution < -0.4 is 9.88 Å². The molecule has 2 aromatic heterocycles. The number of hydrogen-bond donors (Lipinski definition) is 1. The van der Waals surface area contributed by atoms with Crippen LogP contribution in [0.5, 0.6) is 0 Å². The number of unbranched alkanes of at least 4 members (excludes halogenated alkanes) is 1. The summed E-state index contributed by atoms with van der Waals surface area (Å²) < 4.78 is 9.51. The largest absolute Gasteiger partial charge is 0.361 e. The smallest absolute Gasteiger partial charge is 0.252 e. The average molecular weight is 312 g/mol. The molecule has 1 aromatic carbocycles. The quantitative estimate of drug-likeness (QED) is 0.513. The monoisotopic (exact) mass is 312 g/mol. The molecule has 0 radical (unpaired) electrons. The summed E-state index contributed by atoms with van der Waals surface area (Å²) in [5.41, 5.74) is 2.94. The summed E-state index contributed by atoms with van der Waals surface area (Å²) in [7, 11) is 0. The third kappa shape index (κ3) is 4.04. The highest BCUT2D eigenvalue weighted by atomic mass is 16.5. The van der Waals surface area contributed by atoms with Crippen LogP contribution in [-0.2, 0) is 18.1 Å². The van der Waals surface area contributed by atoms with E-state index >= 15 is 0 Å². The van der Waals surface area contributed by atoms with Crippen LogP contribution in [0.1, 0.15) is 19.8 Å². The van der Waals surface area contributed by atoms with E-state index in [1.807, 2.05) is 58.0 Å². The number of rotatable bonds is 8. The van der Waals surface area contributed by atoms with E-state index < -0.39 is 0 Å². The fourth-order valence-electron chi connectivity index (χ4n) is 2.32. The summed E-state index contributed by atoms with van der Waals surface area (Å²) in [6.07, 6.45) is 6.28. The standard InChI is InChI=1S/C17H22N5O/c1-2-3-11-23-14-21-10-6-7-15(12-21)18-13-22-17-9-5-4-8-16(17)19-20-22/h4-10,12,18H,2-3,11,13-14H2,1H3/q+1. The zero-order valence-electron chi connectivity index (χ0n) is 13.4. The summed E-state index contributed by atoms with van der Waals surface area (Å²) in [5.74, 6) is 0. The highest BCUT2D eigenvalue weighted by Gasteiger charge is 2.05. The van der Waals surface area contributed by atoms with Crippen LogP contribution in [0.25, 0.3) is 11.0 Å². The molecule has 2 heterocycles. The molecule has 0 aliphatic heterocycles. The fraction of sp³-hybridized carbons (Fsp3) is 0.353. The normalized spacial score (nSPS) is 11.0. The van der Waals surface area contributed by atoms with Gasteiger partial charge in [0.1, 0.15) is 17.9 Å². The molecule has 23 heavy (non-hydrogen) atoms. The number of ether oxygens (including phenoxy) is 1. The topological polar surface area (TPSA) is 55.9 Å². The van der Waals surface area contributed by atoms with E-state index in [2.05, 4.69) is 22.6 Å². The van der Waals surface area contributed by atoms with Gasteiger partial charge in [0.15, 0.2) is 12.4 Å². The second-order valence-corrected chi connectivity index (χ2v) is 5.41. The van der Waals surface area contributed by atoms with E-state index in [0.717, 1.165) is 36.2 Å². The van der Waals surface area contributed by atoms with Gasteiger partial charge in [0.05, 0.1) is 12.1 Å². The first-order valence-corrected chi connectivity index (χ1v) is 7.96. The number of para-hydroxylation sites is 1. The van der Waals surface area contributed by atoms with Gasteiger partial charge in [0.25, 0.3) is 6.73 Å². The molecule has 6 nitrogen and oxygen atoms in total. The van der Waals surface area contributed by atoms with Gasteiger partial charge < -0.3 is 10.1 Å². The minimum absolute atomic E-state index is 0.571. The van der Waals surface area contributed by atoms with Crippen LogP contribution in [0.2, 0.25) is 0 Å². The number of nitrogens with zero attached hydrogens (tertiary/aromatic N) is 4. The Balaban J connectivity index is 1.59. The van der Waals surface area contributed by atoms with E-state index in [1.54, 1.807) is 0 Å². The Kier molecular flexibility index (Phi) is 5.16. The molecular weight excluding hydrogens is 290 g/mol. The molecule has 0 amide bonds. The molecular formula is C17H22N5O+. The van der Waals surface area contributed by atoms with Crippen molar-refractivity contribution in [3.8, 4) is 0 Å². The van der Waals surface area contributed by atoms with Crippen molar-refractivity contribution in [2.75, 3.05) is 11.9 Å². The SMILES string of the molecule is CCCCOC[n+]1cccc(NCn2nnc3ccccc32)c1. The highest BCUT2D eigenvalue weighted by Crippen LogP contribution is 2.10. The molecule has 0 saturated carbocycles. The van der Waals surface area contributed by atoms with Crippen LogP contribution in [0, 0.1) is 0 Å². The van der Waals surface area contributed by atoms with Crippen LogP contribution in [0.3, 0.4) is 0 Å². The van der Waals surface area contributed by atoms with Crippen LogP contribution in [-0.4, -0.2) is 21.6 Å². The van der Waals surface area contributed by atoms with E-state index in [9.17, 15) is 0 Å². The predicted molar refractivity (Wildman–Crippen MR) is 88.6 cm³/mol. The van der Waals surface area contributed by atoms with Crippen molar-refractivity contribution in [3.05, 3.63) is 48.8 Å². The molecule has 0 aliphatic rings. The molecule has 3 aromatic rings. The zero-order valence-corrected chi connectivity index (χ0v) is 13.4. The number of benzene rings is 1. The second-order valence-electron chi connectivity index (χ2n) is 5.41. The van der Waals surface area contributed by atoms with Gasteiger partial charge in [0, 0.05) is 6.07 Å². The Bertz CT molecular complexity index is 755. The Hall–Kier alpha value is -2.47. The van der Waals surface area contributed by atoms with E-state index in [4.69, 9.17) is 4.74 Å². The Morgan fingerprint density at radius 2 is 2.13 bits per heavy atom. The number of nitrogens with one attached hydrogen (secondary N) is 1. The maximum atomic E-state index is 5.63. The van der Waals surface area contributed by atoms with Crippen molar-refractivity contribution in [3.63, 3.8) is 0 Å². The number of hydrogen-bond acceptors (Lipinski definition) is 4. The summed E-state index contributed by atoms with van der Waals surface area (Å²) in [6, 6.07) is 12.0. The maximum Gasteiger partial charge on any atom is 0.252 e. The van der Waals surface area contributed by atoms with Gasteiger partial charge in [-0.25, -0.2) is 4.68 Å². The lowest BCUT2D eigenvalue weighted by molar-refractivity contribution is -0.732. The zero-order chi connectivity index (χ0) is 15.9. The van der Waals surface area contributed by atoms with Gasteiger partial charge >= 0.3 is 0 Å². The van der Waals surface area contributed by atoms with Crippen molar-refractivity contribution in [2.45, 2.75) is 33.2 Å². The molecule has 6 heteroatoms. The molecule has 3 rings (SSSR count). The molecule has 1 N–H and O–H groups in total. The van der Waals surface area contributed by atoms with Gasteiger partial charge in [-0.3, -0.25) is 0 Å². The average Bonchev–Trinajstić information content (AvgIpc) is 3.01. The molecule has 0 aliphatic carbocycles. The predicted octanol–water partition coefficient (Wildman–Crippen LogP) is 2.56. The molecule has 0 bridgehead atoms. The van der Waals surface area contributed by atoms with Crippen LogP contribution in [0.15, 0.2) is 48.8 Å². The Labute approximate surface area is 135 Å². The first-order chi connectivity index (χ1) is 11.4. The Morgan fingerprint density at radius 1 is 1.22 bits per heavy atom. The van der Waals surface area contributed by atoms with Crippen LogP contribution in [0.4, 0.5) is 5.69 Å². The highest BCUT2D eigenvalue weighted by molar-refractivity contribution is 5.73. The van der Waals surface area contributed by atoms with E-state index in [-0.39, 0.29) is 0 Å². The number of aromatic nitrogens is 4. The first-order valence-electron chi connectivity index (χ1n) is 7.96. The van der Waals surface area contributed by atoms with Crippen molar-refractivity contribution in [1.82, 2.24) is 15.0 Å². The van der Waals surface area contributed by atoms with Crippen molar-refractivity contribution in [1.29, 1.82) is 0 Å². The molecule has 0 saturated heterocycles. The van der Waals surface area contributed by atoms with Crippen molar-refractivity contribution < 1.29 is 9.30 Å². The molecule has 120 valence electrons. The van der Waals surface area contributed by atoms with E-state index in [1.165, 1.54) is 0 Å². The minimum Gasteiger partial charge on any atom is -0.361 e. The summed E-state index contributed by atoms with van der Waals surface area (Å²) in [4.78, 5) is 0. The molecule has 0 fully saturated rings. The lowest BCUT2D eigenvalue weighted by atomic mass is 10.3. The number of pyridine rings is 1. The molecule has 0 unspecified atom stereocenters. The van der Waals surface area contributed by atoms with Gasteiger partial charge in [0.2, 0.25) is 0 Å². The fourth-order valence-corrected chi connectivity index (χ4v) is 2.32. The van der Waals surface area contributed by atoms with Gasteiger partial charge in [-0.1, -0.05) is 30.7 Å². The van der Waals surface area contributed by atoms with Crippen LogP contribution >= 0.6 is 0 Å². The lowest BCUT2D eigenvalue weighted by Gasteiger charge is -2.06. The van der Waals surface area contributed by atoms with Crippen molar-refractivity contribution in [2.24, 2.45) is 0 Å². The summed E-state index contributed by atoms with van der Waals surface area (Å²) in [5, 5.41) is 11.7. The van der Waals surface area contributed by atoms with E-state index in [0.29, 0.717) is 13.4 Å². The number of fused-ring (bicyclic) bond motifs is 1. The molecule has 0 atom stereocenters. The Morgan fingerprint density at radius 3 is 3.04 bits per heavy atom. The number of anilines is 1. The van der Waals surface area contributed by atoms with Gasteiger partial charge in [-0.15, -0.1) is 5.10 Å². The first kappa shape index (κ1) is 15.4.